The second-order valence-corrected chi connectivity index (χ2v) is 3.35. The molecule has 84 valence electrons. The summed E-state index contributed by atoms with van der Waals surface area (Å²) in [5.41, 5.74) is 16.4. The third-order valence-corrected chi connectivity index (χ3v) is 2.04. The third-order valence-electron chi connectivity index (χ3n) is 1.78. The van der Waals surface area contributed by atoms with Gasteiger partial charge in [-0.2, -0.15) is 0 Å². The Morgan fingerprint density at radius 3 is 2.25 bits per heavy atom. The number of nitrogens with two attached hydrogens (primary N) is 3. The van der Waals surface area contributed by atoms with Crippen LogP contribution in [0.1, 0.15) is 0 Å². The molecule has 0 spiro atoms. The molecular weight excluding hydrogens is 228 g/mol. The number of halogens is 1. The van der Waals surface area contributed by atoms with Gasteiger partial charge < -0.3 is 17.2 Å². The summed E-state index contributed by atoms with van der Waals surface area (Å²) in [6.45, 7) is 0. The number of amides is 1. The fourth-order valence-corrected chi connectivity index (χ4v) is 1.13. The molecule has 0 radical (unpaired) electrons. The molecule has 16 heavy (non-hydrogen) atoms. The number of amidine groups is 1. The standard InChI is InChI=1S/C10H11ClN4O/c11-6-1-3-7(4-2-6)15-9(13)8(5-12)10(14)16/h1-5H,12H2,(H2,13,15)(H2,14,16)/b8-5+. The molecule has 0 bridgehead atoms. The average Bonchev–Trinajstić information content (AvgIpc) is 2.22. The molecular formula is C10H11ClN4O. The van der Waals surface area contributed by atoms with Crippen molar-refractivity contribution < 1.29 is 4.79 Å². The molecule has 0 aliphatic carbocycles. The van der Waals surface area contributed by atoms with Crippen molar-refractivity contribution in [2.24, 2.45) is 22.2 Å². The van der Waals surface area contributed by atoms with Crippen LogP contribution in [0.3, 0.4) is 0 Å². The molecule has 0 heterocycles. The quantitative estimate of drug-likeness (QED) is 0.409. The van der Waals surface area contributed by atoms with Crippen LogP contribution in [0.4, 0.5) is 5.69 Å². The lowest BCUT2D eigenvalue weighted by atomic mass is 10.2. The second-order valence-electron chi connectivity index (χ2n) is 2.92. The Labute approximate surface area is 97.6 Å². The van der Waals surface area contributed by atoms with Gasteiger partial charge in [-0.05, 0) is 24.3 Å². The number of nitrogens with zero attached hydrogens (tertiary/aromatic N) is 1. The normalized spacial score (nSPS) is 12.6. The lowest BCUT2D eigenvalue weighted by molar-refractivity contribution is -0.114. The van der Waals surface area contributed by atoms with E-state index in [1.165, 1.54) is 0 Å². The van der Waals surface area contributed by atoms with Crippen LogP contribution in [0.25, 0.3) is 0 Å². The minimum Gasteiger partial charge on any atom is -0.404 e. The maximum atomic E-state index is 10.9. The van der Waals surface area contributed by atoms with Gasteiger partial charge >= 0.3 is 0 Å². The van der Waals surface area contributed by atoms with Crippen molar-refractivity contribution in [3.05, 3.63) is 41.1 Å². The molecule has 5 nitrogen and oxygen atoms in total. The summed E-state index contributed by atoms with van der Waals surface area (Å²) in [7, 11) is 0. The molecule has 0 unspecified atom stereocenters. The van der Waals surface area contributed by atoms with Crippen LogP contribution in [0.2, 0.25) is 5.02 Å². The van der Waals surface area contributed by atoms with E-state index in [0.29, 0.717) is 10.7 Å². The zero-order valence-electron chi connectivity index (χ0n) is 8.35. The van der Waals surface area contributed by atoms with E-state index in [1.807, 2.05) is 0 Å². The van der Waals surface area contributed by atoms with E-state index >= 15 is 0 Å². The summed E-state index contributed by atoms with van der Waals surface area (Å²) in [5, 5.41) is 0.585. The van der Waals surface area contributed by atoms with Gasteiger partial charge in [0, 0.05) is 11.2 Å². The summed E-state index contributed by atoms with van der Waals surface area (Å²) in [5.74, 6) is -0.755. The smallest absolute Gasteiger partial charge is 0.253 e. The Balaban J connectivity index is 3.00. The predicted octanol–water partition coefficient (Wildman–Crippen LogP) is 0.657. The Kier molecular flexibility index (Phi) is 3.90. The molecule has 0 aliphatic rings. The molecule has 0 aliphatic heterocycles. The predicted molar refractivity (Wildman–Crippen MR) is 64.2 cm³/mol. The highest BCUT2D eigenvalue weighted by Crippen LogP contribution is 2.16. The summed E-state index contributed by atoms with van der Waals surface area (Å²) < 4.78 is 0. The monoisotopic (exact) mass is 238 g/mol. The maximum absolute atomic E-state index is 10.9. The third kappa shape index (κ3) is 2.99. The van der Waals surface area contributed by atoms with Crippen LogP contribution >= 0.6 is 11.6 Å². The van der Waals surface area contributed by atoms with Crippen LogP contribution < -0.4 is 17.2 Å². The Bertz CT molecular complexity index is 450. The van der Waals surface area contributed by atoms with Crippen LogP contribution in [0.15, 0.2) is 41.0 Å². The van der Waals surface area contributed by atoms with Crippen molar-refractivity contribution >= 4 is 29.0 Å². The van der Waals surface area contributed by atoms with Crippen molar-refractivity contribution in [2.45, 2.75) is 0 Å². The number of hydrogen-bond acceptors (Lipinski definition) is 3. The number of benzene rings is 1. The Morgan fingerprint density at radius 1 is 1.25 bits per heavy atom. The average molecular weight is 239 g/mol. The molecule has 0 aromatic heterocycles. The first-order valence-corrected chi connectivity index (χ1v) is 4.74. The molecule has 0 saturated heterocycles. The topological polar surface area (TPSA) is 107 Å². The summed E-state index contributed by atoms with van der Waals surface area (Å²) >= 11 is 5.70. The number of rotatable bonds is 3. The lowest BCUT2D eigenvalue weighted by Crippen LogP contribution is -2.27. The zero-order valence-corrected chi connectivity index (χ0v) is 9.11. The van der Waals surface area contributed by atoms with Crippen LogP contribution in [-0.4, -0.2) is 11.7 Å². The van der Waals surface area contributed by atoms with Gasteiger partial charge in [0.1, 0.15) is 5.84 Å². The van der Waals surface area contributed by atoms with E-state index in [0.717, 1.165) is 6.20 Å². The van der Waals surface area contributed by atoms with Crippen LogP contribution in [0, 0.1) is 0 Å². The van der Waals surface area contributed by atoms with Crippen molar-refractivity contribution in [3.63, 3.8) is 0 Å². The number of hydrogen-bond donors (Lipinski definition) is 3. The molecule has 6 heteroatoms. The number of carbonyl (C=O) groups is 1. The van der Waals surface area contributed by atoms with E-state index in [2.05, 4.69) is 4.99 Å². The van der Waals surface area contributed by atoms with E-state index < -0.39 is 5.91 Å². The molecule has 1 aromatic carbocycles. The fraction of sp³-hybridized carbons (Fsp3) is 0. The lowest BCUT2D eigenvalue weighted by Gasteiger charge is -2.01. The summed E-state index contributed by atoms with van der Waals surface area (Å²) in [4.78, 5) is 14.9. The minimum absolute atomic E-state index is 0.0186. The van der Waals surface area contributed by atoms with E-state index in [-0.39, 0.29) is 11.4 Å². The van der Waals surface area contributed by atoms with E-state index in [1.54, 1.807) is 24.3 Å². The highest BCUT2D eigenvalue weighted by molar-refractivity contribution is 6.30. The van der Waals surface area contributed by atoms with Gasteiger partial charge in [0.25, 0.3) is 5.91 Å². The Morgan fingerprint density at radius 2 is 1.81 bits per heavy atom. The van der Waals surface area contributed by atoms with Gasteiger partial charge in [-0.3, -0.25) is 4.79 Å². The first-order chi connectivity index (χ1) is 7.54. The first-order valence-electron chi connectivity index (χ1n) is 4.36. The second kappa shape index (κ2) is 5.18. The zero-order chi connectivity index (χ0) is 12.1. The SMILES string of the molecule is N/C=C(/C(N)=O)C(N)=Nc1ccc(Cl)cc1. The van der Waals surface area contributed by atoms with Crippen molar-refractivity contribution in [1.29, 1.82) is 0 Å². The number of aliphatic imine (C=N–C) groups is 1. The van der Waals surface area contributed by atoms with Crippen LogP contribution in [0.5, 0.6) is 0 Å². The van der Waals surface area contributed by atoms with Gasteiger partial charge in [0.05, 0.1) is 11.3 Å². The van der Waals surface area contributed by atoms with Gasteiger partial charge in [0.15, 0.2) is 0 Å². The van der Waals surface area contributed by atoms with Crippen LogP contribution in [-0.2, 0) is 4.79 Å². The molecule has 0 fully saturated rings. The van der Waals surface area contributed by atoms with Crippen molar-refractivity contribution in [3.8, 4) is 0 Å². The fourth-order valence-electron chi connectivity index (χ4n) is 1.01. The highest BCUT2D eigenvalue weighted by atomic mass is 35.5. The Hall–Kier alpha value is -2.01. The van der Waals surface area contributed by atoms with Gasteiger partial charge in [-0.25, -0.2) is 4.99 Å². The molecule has 1 aromatic rings. The highest BCUT2D eigenvalue weighted by Gasteiger charge is 2.08. The maximum Gasteiger partial charge on any atom is 0.253 e. The number of carbonyl (C=O) groups excluding carboxylic acids is 1. The first kappa shape index (κ1) is 12.1. The molecule has 0 atom stereocenters. The molecule has 6 N–H and O–H groups in total. The van der Waals surface area contributed by atoms with E-state index in [9.17, 15) is 4.79 Å². The minimum atomic E-state index is -0.724. The van der Waals surface area contributed by atoms with Gasteiger partial charge in [-0.1, -0.05) is 11.6 Å². The molecule has 1 rings (SSSR count). The summed E-state index contributed by atoms with van der Waals surface area (Å²) in [6.07, 6.45) is 1.02. The van der Waals surface area contributed by atoms with Gasteiger partial charge in [-0.15, -0.1) is 0 Å². The van der Waals surface area contributed by atoms with Gasteiger partial charge in [0.2, 0.25) is 0 Å². The van der Waals surface area contributed by atoms with E-state index in [4.69, 9.17) is 28.8 Å². The molecule has 1 amide bonds. The molecule has 0 saturated carbocycles. The van der Waals surface area contributed by atoms with Crippen molar-refractivity contribution in [1.82, 2.24) is 0 Å². The number of primary amides is 1. The van der Waals surface area contributed by atoms with Crippen molar-refractivity contribution in [2.75, 3.05) is 0 Å². The summed E-state index contributed by atoms with van der Waals surface area (Å²) in [6, 6.07) is 6.63. The largest absolute Gasteiger partial charge is 0.404 e.